The summed E-state index contributed by atoms with van der Waals surface area (Å²) < 4.78 is 28.8. The number of rotatable bonds is 12. The van der Waals surface area contributed by atoms with Crippen LogP contribution in [0.25, 0.3) is 0 Å². The van der Waals surface area contributed by atoms with Gasteiger partial charge in [0.15, 0.2) is 0 Å². The molecule has 1 aliphatic rings. The number of sulfonamides is 1. The molecule has 1 saturated carbocycles. The molecule has 10 heteroatoms. The quantitative estimate of drug-likeness (QED) is 0.183. The number of phenolic OH excluding ortho intramolecular Hbond substituents is 1. The van der Waals surface area contributed by atoms with E-state index < -0.39 is 28.1 Å². The molecule has 0 aromatic heterocycles. The van der Waals surface area contributed by atoms with Gasteiger partial charge in [0.25, 0.3) is 5.91 Å². The molecule has 0 unspecified atom stereocenters. The number of amides is 1. The third kappa shape index (κ3) is 7.57. The number of nitrogens with zero attached hydrogens (tertiary/aromatic N) is 1. The largest absolute Gasteiger partial charge is 0.508 e. The Morgan fingerprint density at radius 1 is 1.05 bits per heavy atom. The summed E-state index contributed by atoms with van der Waals surface area (Å²) in [6.45, 7) is 1.77. The van der Waals surface area contributed by atoms with Crippen molar-refractivity contribution in [3.05, 3.63) is 83.9 Å². The van der Waals surface area contributed by atoms with Gasteiger partial charge in [-0.1, -0.05) is 37.1 Å². The van der Waals surface area contributed by atoms with Gasteiger partial charge < -0.3 is 21.3 Å². The van der Waals surface area contributed by atoms with E-state index in [2.05, 4.69) is 5.32 Å². The summed E-state index contributed by atoms with van der Waals surface area (Å²) in [7, 11) is -3.93. The zero-order valence-electron chi connectivity index (χ0n) is 22.6. The van der Waals surface area contributed by atoms with Crippen LogP contribution in [-0.2, 0) is 10.0 Å². The van der Waals surface area contributed by atoms with Gasteiger partial charge in [-0.05, 0) is 74.2 Å². The van der Waals surface area contributed by atoms with Gasteiger partial charge in [0.05, 0.1) is 17.0 Å². The molecule has 0 bridgehead atoms. The number of anilines is 1. The summed E-state index contributed by atoms with van der Waals surface area (Å²) in [5, 5.41) is 24.5. The van der Waals surface area contributed by atoms with Crippen LogP contribution in [0.3, 0.4) is 0 Å². The molecule has 1 fully saturated rings. The first-order valence-corrected chi connectivity index (χ1v) is 15.9. The zero-order valence-corrected chi connectivity index (χ0v) is 24.2. The molecular formula is C30H37N3O5S2. The summed E-state index contributed by atoms with van der Waals surface area (Å²) in [4.78, 5) is 14.3. The first-order chi connectivity index (χ1) is 19.1. The van der Waals surface area contributed by atoms with E-state index in [1.54, 1.807) is 31.2 Å². The highest BCUT2D eigenvalue weighted by molar-refractivity contribution is 7.99. The monoisotopic (exact) mass is 583 g/mol. The van der Waals surface area contributed by atoms with Gasteiger partial charge in [-0.15, -0.1) is 11.8 Å². The number of nitrogens with one attached hydrogen (secondary N) is 1. The van der Waals surface area contributed by atoms with Crippen LogP contribution in [0.4, 0.5) is 5.69 Å². The highest BCUT2D eigenvalue weighted by Gasteiger charge is 2.33. The number of phenols is 1. The minimum absolute atomic E-state index is 0.000684. The van der Waals surface area contributed by atoms with Crippen LogP contribution in [-0.4, -0.2) is 59.8 Å². The van der Waals surface area contributed by atoms with Crippen molar-refractivity contribution < 1.29 is 23.4 Å². The van der Waals surface area contributed by atoms with Gasteiger partial charge in [0.1, 0.15) is 5.75 Å². The van der Waals surface area contributed by atoms with Crippen molar-refractivity contribution >= 4 is 33.4 Å². The number of carbonyl (C=O) groups is 1. The lowest BCUT2D eigenvalue weighted by molar-refractivity contribution is 0.0807. The Kier molecular flexibility index (Phi) is 10.1. The predicted molar refractivity (Wildman–Crippen MR) is 159 cm³/mol. The molecule has 3 aromatic carbocycles. The number of nitrogens with two attached hydrogens (primary N) is 1. The molecule has 5 N–H and O–H groups in total. The second kappa shape index (κ2) is 13.5. The highest BCUT2D eigenvalue weighted by Crippen LogP contribution is 2.29. The molecular weight excluding hydrogens is 546 g/mol. The molecule has 2 atom stereocenters. The van der Waals surface area contributed by atoms with Crippen molar-refractivity contribution in [2.45, 2.75) is 54.5 Å². The molecule has 0 radical (unpaired) electrons. The Labute approximate surface area is 240 Å². The number of hydrogen-bond donors (Lipinski definition) is 4. The van der Waals surface area contributed by atoms with E-state index in [0.717, 1.165) is 30.6 Å². The van der Waals surface area contributed by atoms with Crippen molar-refractivity contribution in [2.24, 2.45) is 5.92 Å². The summed E-state index contributed by atoms with van der Waals surface area (Å²) in [5.74, 6) is 0.0709. The van der Waals surface area contributed by atoms with Crippen LogP contribution in [0.15, 0.2) is 82.6 Å². The van der Waals surface area contributed by atoms with Crippen molar-refractivity contribution in [1.82, 2.24) is 9.62 Å². The summed E-state index contributed by atoms with van der Waals surface area (Å²) in [5.41, 5.74) is 6.97. The van der Waals surface area contributed by atoms with E-state index in [0.29, 0.717) is 29.1 Å². The van der Waals surface area contributed by atoms with Gasteiger partial charge in [-0.3, -0.25) is 4.79 Å². The lowest BCUT2D eigenvalue weighted by Gasteiger charge is -2.31. The van der Waals surface area contributed by atoms with Gasteiger partial charge >= 0.3 is 0 Å². The van der Waals surface area contributed by atoms with Crippen LogP contribution in [0, 0.1) is 12.8 Å². The van der Waals surface area contributed by atoms with Crippen molar-refractivity contribution in [3.8, 4) is 5.75 Å². The van der Waals surface area contributed by atoms with Crippen LogP contribution >= 0.6 is 11.8 Å². The molecule has 0 saturated heterocycles. The lowest BCUT2D eigenvalue weighted by atomic mass is 10.1. The van der Waals surface area contributed by atoms with E-state index in [-0.39, 0.29) is 23.1 Å². The van der Waals surface area contributed by atoms with Gasteiger partial charge in [-0.2, -0.15) is 4.31 Å². The number of hydrogen-bond acceptors (Lipinski definition) is 7. The van der Waals surface area contributed by atoms with Gasteiger partial charge in [0.2, 0.25) is 10.0 Å². The number of benzene rings is 3. The average Bonchev–Trinajstić information content (AvgIpc) is 3.46. The normalized spacial score (nSPS) is 15.7. The predicted octanol–water partition coefficient (Wildman–Crippen LogP) is 4.42. The topological polar surface area (TPSA) is 133 Å². The highest BCUT2D eigenvalue weighted by atomic mass is 32.2. The molecule has 1 aliphatic carbocycles. The summed E-state index contributed by atoms with van der Waals surface area (Å²) in [6.07, 6.45) is 2.79. The van der Waals surface area contributed by atoms with Crippen molar-refractivity contribution in [1.29, 1.82) is 0 Å². The fraction of sp³-hybridized carbons (Fsp3) is 0.367. The van der Waals surface area contributed by atoms with Crippen LogP contribution < -0.4 is 11.1 Å². The van der Waals surface area contributed by atoms with E-state index >= 15 is 0 Å². The van der Waals surface area contributed by atoms with Gasteiger partial charge in [0, 0.05) is 40.6 Å². The molecule has 40 heavy (non-hydrogen) atoms. The standard InChI is InChI=1S/C30H37N3O5S2/c1-21-26(12-7-13-28(21)34)30(36)32-27(20-39-24-10-3-2-4-11-24)29(35)19-33(18-22-8-5-6-9-22)40(37,38)25-16-14-23(31)15-17-25/h2-4,7,10-17,22,27,29,34-35H,5-6,8-9,18-20,31H2,1H3,(H,32,36)/t27-,29-/m0/s1. The Morgan fingerprint density at radius 2 is 1.73 bits per heavy atom. The first-order valence-electron chi connectivity index (χ1n) is 13.5. The SMILES string of the molecule is Cc1c(O)cccc1C(=O)N[C@@H](CSc1ccccc1)[C@@H](O)CN(CC1CCCC1)S(=O)(=O)c1ccc(N)cc1. The van der Waals surface area contributed by atoms with Crippen LogP contribution in [0.5, 0.6) is 5.75 Å². The Bertz CT molecular complexity index is 1380. The fourth-order valence-corrected chi connectivity index (χ4v) is 7.50. The van der Waals surface area contributed by atoms with Gasteiger partial charge in [-0.25, -0.2) is 8.42 Å². The maximum atomic E-state index is 13.7. The lowest BCUT2D eigenvalue weighted by Crippen LogP contribution is -2.51. The second-order valence-electron chi connectivity index (χ2n) is 10.3. The summed E-state index contributed by atoms with van der Waals surface area (Å²) in [6, 6.07) is 19.6. The average molecular weight is 584 g/mol. The van der Waals surface area contributed by atoms with E-state index in [1.807, 2.05) is 30.3 Å². The Balaban J connectivity index is 1.59. The van der Waals surface area contributed by atoms with E-state index in [9.17, 15) is 23.4 Å². The van der Waals surface area contributed by atoms with E-state index in [1.165, 1.54) is 34.3 Å². The first kappa shape index (κ1) is 29.9. The zero-order chi connectivity index (χ0) is 28.7. The Morgan fingerprint density at radius 3 is 2.40 bits per heavy atom. The van der Waals surface area contributed by atoms with Crippen LogP contribution in [0.2, 0.25) is 0 Å². The maximum Gasteiger partial charge on any atom is 0.252 e. The van der Waals surface area contributed by atoms with Crippen molar-refractivity contribution in [2.75, 3.05) is 24.6 Å². The number of aliphatic hydroxyl groups is 1. The smallest absolute Gasteiger partial charge is 0.252 e. The fourth-order valence-electron chi connectivity index (χ4n) is 4.94. The number of carbonyl (C=O) groups excluding carboxylic acids is 1. The van der Waals surface area contributed by atoms with E-state index in [4.69, 9.17) is 5.73 Å². The minimum atomic E-state index is -3.93. The third-order valence-electron chi connectivity index (χ3n) is 7.35. The molecule has 4 rings (SSSR count). The maximum absolute atomic E-state index is 13.7. The summed E-state index contributed by atoms with van der Waals surface area (Å²) >= 11 is 1.46. The molecule has 0 spiro atoms. The molecule has 3 aromatic rings. The molecule has 8 nitrogen and oxygen atoms in total. The Hall–Kier alpha value is -3.05. The number of thioether (sulfide) groups is 1. The number of aromatic hydroxyl groups is 1. The molecule has 0 heterocycles. The van der Waals surface area contributed by atoms with Crippen molar-refractivity contribution in [3.63, 3.8) is 0 Å². The molecule has 0 aliphatic heterocycles. The number of aliphatic hydroxyl groups excluding tert-OH is 1. The second-order valence-corrected chi connectivity index (χ2v) is 13.3. The minimum Gasteiger partial charge on any atom is -0.508 e. The molecule has 1 amide bonds. The third-order valence-corrected chi connectivity index (χ3v) is 10.3. The van der Waals surface area contributed by atoms with Crippen LogP contribution in [0.1, 0.15) is 41.6 Å². The molecule has 214 valence electrons. The number of nitrogen functional groups attached to an aromatic ring is 1.